The maximum atomic E-state index is 15.6. The van der Waals surface area contributed by atoms with E-state index in [0.717, 1.165) is 90.7 Å². The molecule has 16 aromatic carbocycles. The van der Waals surface area contributed by atoms with Gasteiger partial charge >= 0.3 is 0 Å². The first-order valence-corrected chi connectivity index (χ1v) is 55.9. The van der Waals surface area contributed by atoms with Gasteiger partial charge in [0.1, 0.15) is 52.3 Å². The van der Waals surface area contributed by atoms with Crippen LogP contribution in [0.25, 0.3) is 67.3 Å². The molecule has 0 unspecified atom stereocenters. The summed E-state index contributed by atoms with van der Waals surface area (Å²) in [5, 5.41) is 20.2. The Balaban J connectivity index is 0.000000194. The Morgan fingerprint density at radius 1 is 0.271 bits per heavy atom. The van der Waals surface area contributed by atoms with Gasteiger partial charge in [0.25, 0.3) is 0 Å². The van der Waals surface area contributed by atoms with Gasteiger partial charge in [0.2, 0.25) is 0 Å². The van der Waals surface area contributed by atoms with Crippen molar-refractivity contribution in [1.29, 1.82) is 0 Å². The van der Waals surface area contributed by atoms with E-state index in [9.17, 15) is 9.59 Å². The van der Waals surface area contributed by atoms with Crippen molar-refractivity contribution >= 4 is 190 Å². The molecule has 0 bridgehead atoms. The molecule has 0 radical (unpaired) electrons. The summed E-state index contributed by atoms with van der Waals surface area (Å²) < 4.78 is 96.3. The van der Waals surface area contributed by atoms with Crippen LogP contribution in [0.4, 0.5) is 0 Å². The monoisotopic (exact) mass is 2320 g/mol. The molecule has 0 saturated heterocycles. The molecule has 0 spiro atoms. The van der Waals surface area contributed by atoms with Crippen molar-refractivity contribution in [2.24, 2.45) is 0 Å². The van der Waals surface area contributed by atoms with E-state index >= 15 is 13.7 Å². The largest absolute Gasteiger partial charge is 0.496 e. The average molecular weight is 2330 g/mol. The van der Waals surface area contributed by atoms with Crippen molar-refractivity contribution in [2.75, 3.05) is 56.9 Å². The second-order valence-corrected chi connectivity index (χ2v) is 46.8. The standard InChI is InChI=1S/C62H50NO6P3.C26H20Br3NO3.C12H10ClP.C9H9BrO2.C8H7BrO2.H2O2/c1-67-57-42-45(34-37-60(57)70(64,49-22-10-4-11-23-49)50-24-12-5-13-25-50)48-40-55(46-35-38-61(58(43-46)68-2)71(65,51-26-14-6-15-27-51)52-28-16-7-17-29-52)63-56(41-48)47-36-39-62(59(44-47)69-3)72(66,53-30-18-8-19-31-53)54-32-20-9-21-33-54;1-31-24-12-15(4-7-19(24)27)18-10-22(16-5-8-20(28)25(13-16)32-2)30-23(11-18)17-6-9-21(29)26(14-17)33-3;13-14(11-7-3-1-4-8-11)12-9-5-2-6-10-12;1-6(11)7-3-4-8(10)9(5-7)12-2;1-11-8-4-6(5-10)2-3-7(8)9;1-2/h4-44H,1-3H3;4-14H,1-3H3;1-10H;3-5H,1-2H3;2-5H,1H3;1-2H. The van der Waals surface area contributed by atoms with Gasteiger partial charge in [0.05, 0.1) is 125 Å². The van der Waals surface area contributed by atoms with Crippen LogP contribution in [-0.2, 0) is 13.7 Å². The van der Waals surface area contributed by atoms with E-state index in [-0.39, 0.29) is 5.78 Å². The first-order chi connectivity index (χ1) is 69.9. The molecule has 2 aromatic heterocycles. The van der Waals surface area contributed by atoms with Crippen LogP contribution in [0.15, 0.2) is 435 Å². The number of hydrogen-bond donors (Lipinski definition) is 2. The SMILES string of the molecule is COc1cc(-c2cc(-c3ccc(Br)c(OC)c3)nc(-c3ccc(Br)c(OC)c3)c2)ccc1Br.COc1cc(-c2cc(-c3ccc(P(=O)(c4ccccc4)c4ccccc4)c(OC)c3)nc(-c3ccc(P(=O)(c4ccccc4)c4ccccc4)c(OC)c3)c2)ccc1P(=O)(c1ccccc1)c1ccccc1.COc1cc(C(C)=O)ccc1Br.COc1cc(C=O)ccc1Br.ClP(c1ccccc1)c1ccccc1.OO. The van der Waals surface area contributed by atoms with Crippen LogP contribution in [-0.4, -0.2) is 89.4 Å². The van der Waals surface area contributed by atoms with E-state index in [0.29, 0.717) is 110 Å². The van der Waals surface area contributed by atoms with Crippen molar-refractivity contribution in [3.8, 4) is 113 Å². The third kappa shape index (κ3) is 25.8. The number of carbonyl (C=O) groups is 2. The summed E-state index contributed by atoms with van der Waals surface area (Å²) in [5.74, 6) is 5.03. The Bertz CT molecular complexity index is 6860. The lowest BCUT2D eigenvalue weighted by Crippen LogP contribution is -2.26. The molecule has 17 nitrogen and oxygen atoms in total. The number of hydrogen-bond acceptors (Lipinski definition) is 17. The summed E-state index contributed by atoms with van der Waals surface area (Å²) in [7, 11) is 1.93. The minimum Gasteiger partial charge on any atom is -0.496 e. The minimum absolute atomic E-state index is 0.0424. The molecule has 0 aliphatic rings. The highest BCUT2D eigenvalue weighted by atomic mass is 79.9. The van der Waals surface area contributed by atoms with Gasteiger partial charge < -0.3 is 51.6 Å². The van der Waals surface area contributed by atoms with E-state index in [4.69, 9.17) is 69.6 Å². The fourth-order valence-electron chi connectivity index (χ4n) is 15.8. The summed E-state index contributed by atoms with van der Waals surface area (Å²) >= 11 is 23.6. The molecule has 2 heterocycles. The third-order valence-corrected chi connectivity index (χ3v) is 38.3. The van der Waals surface area contributed by atoms with Crippen molar-refractivity contribution in [1.82, 2.24) is 9.97 Å². The van der Waals surface area contributed by atoms with Crippen molar-refractivity contribution in [3.05, 3.63) is 446 Å². The van der Waals surface area contributed by atoms with E-state index in [1.54, 1.807) is 93.3 Å². The zero-order valence-electron chi connectivity index (χ0n) is 79.5. The third-order valence-electron chi connectivity index (χ3n) is 23.1. The Morgan fingerprint density at radius 2 is 0.486 bits per heavy atom. The Kier molecular flexibility index (Phi) is 39.3. The van der Waals surface area contributed by atoms with Crippen molar-refractivity contribution in [2.45, 2.75) is 6.92 Å². The highest BCUT2D eigenvalue weighted by Gasteiger charge is 2.37. The number of pyridine rings is 2. The molecule has 0 atom stereocenters. The summed E-state index contributed by atoms with van der Waals surface area (Å²) in [6.07, 6.45) is 0.787. The number of Topliss-reactive ketones (excluding diaryl/α,β-unsaturated/α-hetero) is 1. The predicted octanol–water partition coefficient (Wildman–Crippen LogP) is 27.6. The number of aldehydes is 1. The molecule has 728 valence electrons. The van der Waals surface area contributed by atoms with Crippen LogP contribution >= 0.6 is 120 Å². The van der Waals surface area contributed by atoms with Crippen LogP contribution < -0.4 is 96.2 Å². The van der Waals surface area contributed by atoms with Gasteiger partial charge in [0, 0.05) is 65.2 Å². The highest BCUT2D eigenvalue weighted by molar-refractivity contribution is 9.11. The van der Waals surface area contributed by atoms with Crippen molar-refractivity contribution in [3.63, 3.8) is 0 Å². The second kappa shape index (κ2) is 52.2. The van der Waals surface area contributed by atoms with E-state index in [2.05, 4.69) is 122 Å². The number of ketones is 1. The second-order valence-electron chi connectivity index (χ2n) is 31.7. The lowest BCUT2D eigenvalue weighted by molar-refractivity contribution is -0.176. The Hall–Kier alpha value is -12.7. The van der Waals surface area contributed by atoms with Crippen LogP contribution in [0.3, 0.4) is 0 Å². The molecular formula is C117H98Br5ClN2O15P4. The average Bonchev–Trinajstić information content (AvgIpc) is 0.732. The molecule has 0 aliphatic heterocycles. The molecule has 18 rings (SSSR count). The summed E-state index contributed by atoms with van der Waals surface area (Å²) in [6.45, 7) is 1.53. The fraction of sp³-hybridized carbons (Fsp3) is 0.0769. The van der Waals surface area contributed by atoms with Gasteiger partial charge in [0.15, 0.2) is 27.2 Å². The lowest BCUT2D eigenvalue weighted by Gasteiger charge is -2.23. The molecule has 0 amide bonds. The van der Waals surface area contributed by atoms with Crippen LogP contribution in [0.5, 0.6) is 46.0 Å². The molecule has 2 N–H and O–H groups in total. The number of rotatable bonds is 27. The maximum Gasteiger partial charge on any atom is 0.174 e. The van der Waals surface area contributed by atoms with Gasteiger partial charge in [-0.05, 0) is 241 Å². The number of ether oxygens (including phenoxy) is 8. The number of benzene rings is 16. The number of methoxy groups -OCH3 is 8. The number of carbonyl (C=O) groups excluding carboxylic acids is 2. The highest BCUT2D eigenvalue weighted by Crippen LogP contribution is 2.51. The van der Waals surface area contributed by atoms with Gasteiger partial charge in [-0.3, -0.25) is 20.1 Å². The number of aromatic nitrogens is 2. The zero-order valence-corrected chi connectivity index (χ0v) is 91.8. The topological polar surface area (TPSA) is 225 Å². The maximum absolute atomic E-state index is 15.6. The quantitative estimate of drug-likeness (QED) is 0.0160. The van der Waals surface area contributed by atoms with Crippen LogP contribution in [0.1, 0.15) is 27.6 Å². The summed E-state index contributed by atoms with van der Waals surface area (Å²) in [6, 6.07) is 131. The normalized spacial score (nSPS) is 10.9. The summed E-state index contributed by atoms with van der Waals surface area (Å²) in [5.41, 5.74) is 11.1. The molecule has 0 saturated carbocycles. The number of nitrogens with zero attached hydrogens (tertiary/aromatic N) is 2. The molecule has 18 aromatic rings. The Labute approximate surface area is 886 Å². The van der Waals surface area contributed by atoms with Gasteiger partial charge in [-0.2, -0.15) is 0 Å². The molecule has 27 heteroatoms. The lowest BCUT2D eigenvalue weighted by atomic mass is 9.99. The fourth-order valence-corrected chi connectivity index (χ4v) is 28.0. The van der Waals surface area contributed by atoms with Gasteiger partial charge in [-0.15, -0.1) is 0 Å². The molecular weight excluding hydrogens is 2230 g/mol. The molecule has 0 aliphatic carbocycles. The predicted molar refractivity (Wildman–Crippen MR) is 609 cm³/mol. The van der Waals surface area contributed by atoms with E-state index < -0.39 is 28.7 Å². The zero-order chi connectivity index (χ0) is 102. The van der Waals surface area contributed by atoms with E-state index in [1.807, 2.05) is 334 Å². The van der Waals surface area contributed by atoms with Crippen LogP contribution in [0, 0.1) is 0 Å². The first kappa shape index (κ1) is 109. The van der Waals surface area contributed by atoms with Gasteiger partial charge in [-0.1, -0.05) is 302 Å². The van der Waals surface area contributed by atoms with Crippen molar-refractivity contribution < 1.29 is 71.7 Å². The first-order valence-electron chi connectivity index (χ1n) is 44.6. The molecule has 144 heavy (non-hydrogen) atoms. The van der Waals surface area contributed by atoms with Crippen LogP contribution in [0.2, 0.25) is 0 Å². The minimum atomic E-state index is -3.42. The Morgan fingerprint density at radius 3 is 0.757 bits per heavy atom. The van der Waals surface area contributed by atoms with E-state index in [1.165, 1.54) is 17.5 Å². The smallest absolute Gasteiger partial charge is 0.174 e. The molecule has 0 fully saturated rings. The van der Waals surface area contributed by atoms with Gasteiger partial charge in [-0.25, -0.2) is 9.97 Å². The summed E-state index contributed by atoms with van der Waals surface area (Å²) in [4.78, 5) is 31.6. The number of halogens is 6.